The molecule has 0 spiro atoms. The van der Waals surface area contributed by atoms with E-state index < -0.39 is 10.8 Å². The summed E-state index contributed by atoms with van der Waals surface area (Å²) in [4.78, 5) is 33.9. The lowest BCUT2D eigenvalue weighted by Crippen LogP contribution is -2.14. The molecule has 8 heteroatoms. The Labute approximate surface area is 137 Å². The van der Waals surface area contributed by atoms with Crippen LogP contribution in [-0.4, -0.2) is 23.8 Å². The number of benzene rings is 2. The molecule has 0 fully saturated rings. The van der Waals surface area contributed by atoms with Gasteiger partial charge in [-0.25, -0.2) is 0 Å². The molecular weight excluding hydrogens is 314 g/mol. The van der Waals surface area contributed by atoms with Crippen LogP contribution in [0.15, 0.2) is 42.5 Å². The lowest BCUT2D eigenvalue weighted by atomic mass is 10.1. The predicted molar refractivity (Wildman–Crippen MR) is 88.3 cm³/mol. The van der Waals surface area contributed by atoms with Gasteiger partial charge in [0.2, 0.25) is 5.91 Å². The summed E-state index contributed by atoms with van der Waals surface area (Å²) in [6, 6.07) is 10.4. The van der Waals surface area contributed by atoms with Crippen LogP contribution in [0.3, 0.4) is 0 Å². The number of anilines is 2. The summed E-state index contributed by atoms with van der Waals surface area (Å²) >= 11 is 0. The fourth-order valence-corrected chi connectivity index (χ4v) is 2.06. The molecule has 0 aromatic heterocycles. The average Bonchev–Trinajstić information content (AvgIpc) is 2.53. The van der Waals surface area contributed by atoms with Gasteiger partial charge in [0.05, 0.1) is 12.0 Å². The van der Waals surface area contributed by atoms with E-state index in [1.807, 2.05) is 0 Å². The number of hydrogen-bond donors (Lipinski definition) is 2. The molecule has 0 aliphatic heterocycles. The minimum absolute atomic E-state index is 0.121. The number of methoxy groups -OCH3 is 1. The van der Waals surface area contributed by atoms with Gasteiger partial charge >= 0.3 is 0 Å². The molecule has 2 aromatic rings. The van der Waals surface area contributed by atoms with E-state index >= 15 is 0 Å². The third kappa shape index (κ3) is 4.07. The third-order valence-electron chi connectivity index (χ3n) is 3.09. The van der Waals surface area contributed by atoms with Gasteiger partial charge in [0.1, 0.15) is 11.3 Å². The maximum absolute atomic E-state index is 12.4. The summed E-state index contributed by atoms with van der Waals surface area (Å²) in [6.45, 7) is 1.37. The molecule has 0 radical (unpaired) electrons. The summed E-state index contributed by atoms with van der Waals surface area (Å²) in [6.07, 6.45) is 0. The Morgan fingerprint density at radius 3 is 2.33 bits per heavy atom. The Morgan fingerprint density at radius 2 is 1.75 bits per heavy atom. The molecule has 0 bridgehead atoms. The van der Waals surface area contributed by atoms with Gasteiger partial charge in [0.15, 0.2) is 0 Å². The summed E-state index contributed by atoms with van der Waals surface area (Å²) in [5, 5.41) is 16.2. The van der Waals surface area contributed by atoms with Gasteiger partial charge in [-0.1, -0.05) is 6.07 Å². The van der Waals surface area contributed by atoms with Crippen LogP contribution in [0.2, 0.25) is 0 Å². The third-order valence-corrected chi connectivity index (χ3v) is 3.09. The SMILES string of the molecule is COc1ccc([N+](=O)[O-])c(C(=O)Nc2cccc(NC(C)=O)c2)c1. The molecule has 2 rings (SSSR count). The van der Waals surface area contributed by atoms with Crippen molar-refractivity contribution < 1.29 is 19.2 Å². The quantitative estimate of drug-likeness (QED) is 0.647. The molecule has 2 amide bonds. The van der Waals surface area contributed by atoms with Crippen LogP contribution in [-0.2, 0) is 4.79 Å². The van der Waals surface area contributed by atoms with Crippen LogP contribution in [0, 0.1) is 10.1 Å². The van der Waals surface area contributed by atoms with Crippen molar-refractivity contribution in [2.24, 2.45) is 0 Å². The van der Waals surface area contributed by atoms with Gasteiger partial charge in [-0.15, -0.1) is 0 Å². The summed E-state index contributed by atoms with van der Waals surface area (Å²) in [5.41, 5.74) is 0.444. The van der Waals surface area contributed by atoms with E-state index in [0.717, 1.165) is 0 Å². The molecule has 2 aromatic carbocycles. The first-order valence-corrected chi connectivity index (χ1v) is 6.92. The minimum Gasteiger partial charge on any atom is -0.497 e. The maximum Gasteiger partial charge on any atom is 0.282 e. The fourth-order valence-electron chi connectivity index (χ4n) is 2.06. The van der Waals surface area contributed by atoms with Gasteiger partial charge in [0, 0.05) is 24.4 Å². The van der Waals surface area contributed by atoms with Crippen LogP contribution in [0.25, 0.3) is 0 Å². The van der Waals surface area contributed by atoms with Gasteiger partial charge in [0.25, 0.3) is 11.6 Å². The molecule has 0 aliphatic carbocycles. The summed E-state index contributed by atoms with van der Waals surface area (Å²) < 4.78 is 5.00. The van der Waals surface area contributed by atoms with E-state index in [-0.39, 0.29) is 17.2 Å². The van der Waals surface area contributed by atoms with Gasteiger partial charge in [-0.3, -0.25) is 19.7 Å². The number of rotatable bonds is 5. The van der Waals surface area contributed by atoms with Crippen molar-refractivity contribution in [1.82, 2.24) is 0 Å². The lowest BCUT2D eigenvalue weighted by Gasteiger charge is -2.09. The minimum atomic E-state index is -0.652. The predicted octanol–water partition coefficient (Wildman–Crippen LogP) is 2.81. The molecule has 0 atom stereocenters. The standard InChI is InChI=1S/C16H15N3O5/c1-10(20)17-11-4-3-5-12(8-11)18-16(21)14-9-13(24-2)6-7-15(14)19(22)23/h3-9H,1-2H3,(H,17,20)(H,18,21). The number of nitrogens with one attached hydrogen (secondary N) is 2. The van der Waals surface area contributed by atoms with Gasteiger partial charge < -0.3 is 15.4 Å². The van der Waals surface area contributed by atoms with E-state index in [1.165, 1.54) is 32.2 Å². The van der Waals surface area contributed by atoms with Crippen molar-refractivity contribution in [3.05, 3.63) is 58.1 Å². The van der Waals surface area contributed by atoms with Crippen molar-refractivity contribution in [2.75, 3.05) is 17.7 Å². The summed E-state index contributed by atoms with van der Waals surface area (Å²) in [5.74, 6) is -0.569. The molecule has 8 nitrogen and oxygen atoms in total. The topological polar surface area (TPSA) is 111 Å². The molecule has 24 heavy (non-hydrogen) atoms. The second kappa shape index (κ2) is 7.23. The second-order valence-corrected chi connectivity index (χ2v) is 4.86. The van der Waals surface area contributed by atoms with Crippen LogP contribution in [0.4, 0.5) is 17.1 Å². The Bertz CT molecular complexity index is 804. The molecule has 0 aliphatic rings. The number of ether oxygens (including phenoxy) is 1. The highest BCUT2D eigenvalue weighted by atomic mass is 16.6. The number of hydrogen-bond acceptors (Lipinski definition) is 5. The number of carbonyl (C=O) groups excluding carboxylic acids is 2. The highest BCUT2D eigenvalue weighted by Gasteiger charge is 2.21. The number of carbonyl (C=O) groups is 2. The molecule has 0 saturated heterocycles. The fraction of sp³-hybridized carbons (Fsp3) is 0.125. The largest absolute Gasteiger partial charge is 0.497 e. The number of nitrogens with zero attached hydrogens (tertiary/aromatic N) is 1. The molecule has 124 valence electrons. The first-order valence-electron chi connectivity index (χ1n) is 6.92. The molecular formula is C16H15N3O5. The zero-order valence-electron chi connectivity index (χ0n) is 13.0. The zero-order chi connectivity index (χ0) is 17.7. The van der Waals surface area contributed by atoms with E-state index in [4.69, 9.17) is 4.74 Å². The average molecular weight is 329 g/mol. The van der Waals surface area contributed by atoms with E-state index in [1.54, 1.807) is 24.3 Å². The monoisotopic (exact) mass is 329 g/mol. The maximum atomic E-state index is 12.4. The normalized spacial score (nSPS) is 9.92. The van der Waals surface area contributed by atoms with Gasteiger partial charge in [-0.2, -0.15) is 0 Å². The van der Waals surface area contributed by atoms with Crippen molar-refractivity contribution in [3.63, 3.8) is 0 Å². The molecule has 0 heterocycles. The highest BCUT2D eigenvalue weighted by molar-refractivity contribution is 6.07. The number of amides is 2. The van der Waals surface area contributed by atoms with Crippen LogP contribution in [0.1, 0.15) is 17.3 Å². The Kier molecular flexibility index (Phi) is 5.10. The van der Waals surface area contributed by atoms with E-state index in [9.17, 15) is 19.7 Å². The molecule has 2 N–H and O–H groups in total. The first kappa shape index (κ1) is 16.9. The zero-order valence-corrected chi connectivity index (χ0v) is 13.0. The molecule has 0 unspecified atom stereocenters. The highest BCUT2D eigenvalue weighted by Crippen LogP contribution is 2.25. The number of nitro groups is 1. The Hall–Kier alpha value is -3.42. The van der Waals surface area contributed by atoms with E-state index in [0.29, 0.717) is 17.1 Å². The van der Waals surface area contributed by atoms with Crippen LogP contribution < -0.4 is 15.4 Å². The first-order chi connectivity index (χ1) is 11.4. The van der Waals surface area contributed by atoms with Gasteiger partial charge in [-0.05, 0) is 30.3 Å². The second-order valence-electron chi connectivity index (χ2n) is 4.86. The van der Waals surface area contributed by atoms with E-state index in [2.05, 4.69) is 10.6 Å². The summed E-state index contributed by atoms with van der Waals surface area (Å²) in [7, 11) is 1.40. The number of nitro benzene ring substituents is 1. The van der Waals surface area contributed by atoms with Crippen molar-refractivity contribution in [1.29, 1.82) is 0 Å². The van der Waals surface area contributed by atoms with Crippen molar-refractivity contribution >= 4 is 28.9 Å². The van der Waals surface area contributed by atoms with Crippen LogP contribution >= 0.6 is 0 Å². The molecule has 0 saturated carbocycles. The van der Waals surface area contributed by atoms with Crippen molar-refractivity contribution in [3.8, 4) is 5.75 Å². The lowest BCUT2D eigenvalue weighted by molar-refractivity contribution is -0.385. The smallest absolute Gasteiger partial charge is 0.282 e. The van der Waals surface area contributed by atoms with Crippen LogP contribution in [0.5, 0.6) is 5.75 Å². The van der Waals surface area contributed by atoms with Crippen molar-refractivity contribution in [2.45, 2.75) is 6.92 Å². The Balaban J connectivity index is 2.29. The Morgan fingerprint density at radius 1 is 1.08 bits per heavy atom.